The van der Waals surface area contributed by atoms with Gasteiger partial charge in [-0.05, 0) is 37.7 Å². The topological polar surface area (TPSA) is 72.8 Å². The van der Waals surface area contributed by atoms with Crippen LogP contribution < -0.4 is 0 Å². The predicted octanol–water partition coefficient (Wildman–Crippen LogP) is 7.07. The first-order chi connectivity index (χ1) is 15.6. The number of carbonyl (C=O) groups excluding carboxylic acids is 1. The van der Waals surface area contributed by atoms with E-state index in [2.05, 4.69) is 6.92 Å². The molecule has 0 saturated carbocycles. The fourth-order valence-corrected chi connectivity index (χ4v) is 3.82. The number of benzene rings is 1. The van der Waals surface area contributed by atoms with E-state index >= 15 is 0 Å². The number of hydrogen-bond acceptors (Lipinski definition) is 4. The molecule has 1 unspecified atom stereocenters. The molecule has 1 aromatic carbocycles. The van der Waals surface area contributed by atoms with Gasteiger partial charge in [0.2, 0.25) is 0 Å². The van der Waals surface area contributed by atoms with Gasteiger partial charge in [0.05, 0.1) is 6.61 Å². The van der Waals surface area contributed by atoms with Gasteiger partial charge in [-0.15, -0.1) is 0 Å². The van der Waals surface area contributed by atoms with Crippen LogP contribution in [0.25, 0.3) is 0 Å². The van der Waals surface area contributed by atoms with Crippen LogP contribution in [0.2, 0.25) is 0 Å². The second kappa shape index (κ2) is 19.8. The number of hydrogen-bond donors (Lipinski definition) is 1. The van der Waals surface area contributed by atoms with Gasteiger partial charge in [-0.3, -0.25) is 4.79 Å². The molecular formula is C27H44O5. The molecule has 0 heterocycles. The molecular weight excluding hydrogens is 404 g/mol. The second-order valence-corrected chi connectivity index (χ2v) is 8.70. The fraction of sp³-hybridized carbons (Fsp3) is 0.704. The molecule has 5 heteroatoms. The lowest BCUT2D eigenvalue weighted by molar-refractivity contribution is -0.155. The summed E-state index contributed by atoms with van der Waals surface area (Å²) in [6.07, 6.45) is 15.6. The third-order valence-corrected chi connectivity index (χ3v) is 5.68. The van der Waals surface area contributed by atoms with E-state index in [0.717, 1.165) is 56.9 Å². The molecule has 1 rings (SSSR count). The number of carboxylic acid groups (broad SMARTS) is 1. The van der Waals surface area contributed by atoms with Crippen LogP contribution >= 0.6 is 0 Å². The highest BCUT2D eigenvalue weighted by Gasteiger charge is 2.14. The quantitative estimate of drug-likeness (QED) is 0.161. The van der Waals surface area contributed by atoms with Crippen LogP contribution in [0.1, 0.15) is 109 Å². The first-order valence-electron chi connectivity index (χ1n) is 12.6. The Balaban J connectivity index is 2.18. The van der Waals surface area contributed by atoms with Crippen LogP contribution in [0.15, 0.2) is 30.3 Å². The zero-order chi connectivity index (χ0) is 23.3. The van der Waals surface area contributed by atoms with E-state index in [-0.39, 0.29) is 25.1 Å². The summed E-state index contributed by atoms with van der Waals surface area (Å²) in [5.74, 6) is -0.958. The van der Waals surface area contributed by atoms with Gasteiger partial charge in [-0.25, -0.2) is 4.79 Å². The van der Waals surface area contributed by atoms with Crippen molar-refractivity contribution in [3.05, 3.63) is 35.9 Å². The van der Waals surface area contributed by atoms with Gasteiger partial charge in [-0.2, -0.15) is 0 Å². The van der Waals surface area contributed by atoms with E-state index in [0.29, 0.717) is 6.61 Å². The molecule has 32 heavy (non-hydrogen) atoms. The van der Waals surface area contributed by atoms with Crippen molar-refractivity contribution in [2.75, 3.05) is 6.61 Å². The van der Waals surface area contributed by atoms with Crippen LogP contribution in [0.3, 0.4) is 0 Å². The summed E-state index contributed by atoms with van der Waals surface area (Å²) in [6, 6.07) is 9.85. The SMILES string of the molecule is CCCCCCC(CCCCCCCCCCC(=O)O)OC(=O)COCc1ccccc1. The van der Waals surface area contributed by atoms with Gasteiger partial charge >= 0.3 is 11.9 Å². The summed E-state index contributed by atoms with van der Waals surface area (Å²) in [5.41, 5.74) is 1.05. The summed E-state index contributed by atoms with van der Waals surface area (Å²) < 4.78 is 11.3. The number of unbranched alkanes of at least 4 members (excludes halogenated alkanes) is 10. The van der Waals surface area contributed by atoms with Gasteiger partial charge in [0.25, 0.3) is 0 Å². The molecule has 0 saturated heterocycles. The molecule has 0 spiro atoms. The van der Waals surface area contributed by atoms with Crippen LogP contribution in [-0.4, -0.2) is 29.8 Å². The number of carboxylic acids is 1. The Morgan fingerprint density at radius 1 is 0.812 bits per heavy atom. The lowest BCUT2D eigenvalue weighted by atomic mass is 10.0. The minimum Gasteiger partial charge on any atom is -0.481 e. The van der Waals surface area contributed by atoms with Crippen molar-refractivity contribution in [2.24, 2.45) is 0 Å². The van der Waals surface area contributed by atoms with Crippen LogP contribution in [0.4, 0.5) is 0 Å². The molecule has 182 valence electrons. The molecule has 0 radical (unpaired) electrons. The number of ether oxygens (including phenoxy) is 2. The van der Waals surface area contributed by atoms with Crippen LogP contribution in [0, 0.1) is 0 Å². The number of carbonyl (C=O) groups is 2. The van der Waals surface area contributed by atoms with Crippen molar-refractivity contribution < 1.29 is 24.2 Å². The van der Waals surface area contributed by atoms with Crippen molar-refractivity contribution in [1.29, 1.82) is 0 Å². The Morgan fingerprint density at radius 3 is 1.97 bits per heavy atom. The average Bonchev–Trinajstić information content (AvgIpc) is 2.78. The van der Waals surface area contributed by atoms with E-state index in [1.807, 2.05) is 30.3 Å². The summed E-state index contributed by atoms with van der Waals surface area (Å²) in [6.45, 7) is 2.63. The molecule has 0 bridgehead atoms. The maximum absolute atomic E-state index is 12.3. The maximum Gasteiger partial charge on any atom is 0.332 e. The van der Waals surface area contributed by atoms with Crippen LogP contribution in [-0.2, 0) is 25.7 Å². The molecule has 5 nitrogen and oxygen atoms in total. The van der Waals surface area contributed by atoms with E-state index in [4.69, 9.17) is 14.6 Å². The highest BCUT2D eigenvalue weighted by atomic mass is 16.6. The summed E-state index contributed by atoms with van der Waals surface area (Å²) in [7, 11) is 0. The number of aliphatic carboxylic acids is 1. The first kappa shape index (κ1) is 28.2. The summed E-state index contributed by atoms with van der Waals surface area (Å²) in [4.78, 5) is 22.8. The molecule has 0 aliphatic rings. The van der Waals surface area contributed by atoms with E-state index < -0.39 is 5.97 Å². The van der Waals surface area contributed by atoms with Gasteiger partial charge in [-0.1, -0.05) is 95.0 Å². The van der Waals surface area contributed by atoms with Crippen molar-refractivity contribution in [1.82, 2.24) is 0 Å². The largest absolute Gasteiger partial charge is 0.481 e. The number of esters is 1. The zero-order valence-electron chi connectivity index (χ0n) is 20.1. The molecule has 0 amide bonds. The molecule has 1 atom stereocenters. The summed E-state index contributed by atoms with van der Waals surface area (Å²) >= 11 is 0. The highest BCUT2D eigenvalue weighted by Crippen LogP contribution is 2.17. The van der Waals surface area contributed by atoms with E-state index in [1.54, 1.807) is 0 Å². The van der Waals surface area contributed by atoms with E-state index in [1.165, 1.54) is 38.5 Å². The summed E-state index contributed by atoms with van der Waals surface area (Å²) in [5, 5.41) is 8.64. The molecule has 1 N–H and O–H groups in total. The molecule has 0 aliphatic carbocycles. The first-order valence-corrected chi connectivity index (χ1v) is 12.6. The maximum atomic E-state index is 12.3. The van der Waals surface area contributed by atoms with Gasteiger partial charge in [0.15, 0.2) is 0 Å². The van der Waals surface area contributed by atoms with Crippen molar-refractivity contribution in [3.8, 4) is 0 Å². The van der Waals surface area contributed by atoms with Crippen molar-refractivity contribution >= 4 is 11.9 Å². The monoisotopic (exact) mass is 448 g/mol. The third-order valence-electron chi connectivity index (χ3n) is 5.68. The smallest absolute Gasteiger partial charge is 0.332 e. The minimum atomic E-state index is -0.697. The molecule has 0 aromatic heterocycles. The Kier molecular flexibility index (Phi) is 17.4. The lowest BCUT2D eigenvalue weighted by Gasteiger charge is -2.18. The fourth-order valence-electron chi connectivity index (χ4n) is 3.82. The normalized spacial score (nSPS) is 11.9. The van der Waals surface area contributed by atoms with Crippen molar-refractivity contribution in [2.45, 2.75) is 116 Å². The highest BCUT2D eigenvalue weighted by molar-refractivity contribution is 5.70. The van der Waals surface area contributed by atoms with Gasteiger partial charge in [0.1, 0.15) is 12.7 Å². The Bertz CT molecular complexity index is 587. The van der Waals surface area contributed by atoms with E-state index in [9.17, 15) is 9.59 Å². The van der Waals surface area contributed by atoms with Crippen molar-refractivity contribution in [3.63, 3.8) is 0 Å². The standard InChI is InChI=1S/C27H44O5/c1-2-3-4-14-19-25(20-15-9-7-5-6-8-10-16-21-26(28)29)32-27(30)23-31-22-24-17-12-11-13-18-24/h11-13,17-18,25H,2-10,14-16,19-23H2,1H3,(H,28,29). The Hall–Kier alpha value is -1.88. The molecule has 0 aliphatic heterocycles. The number of rotatable bonds is 21. The minimum absolute atomic E-state index is 0.00221. The predicted molar refractivity (Wildman–Crippen MR) is 129 cm³/mol. The third kappa shape index (κ3) is 16.8. The zero-order valence-corrected chi connectivity index (χ0v) is 20.1. The Morgan fingerprint density at radius 2 is 1.38 bits per heavy atom. The molecule has 1 aromatic rings. The van der Waals surface area contributed by atoms with Crippen LogP contribution in [0.5, 0.6) is 0 Å². The second-order valence-electron chi connectivity index (χ2n) is 8.70. The molecule has 0 fully saturated rings. The van der Waals surface area contributed by atoms with Gasteiger partial charge in [0, 0.05) is 6.42 Å². The lowest BCUT2D eigenvalue weighted by Crippen LogP contribution is -2.22. The average molecular weight is 449 g/mol. The van der Waals surface area contributed by atoms with Gasteiger partial charge < -0.3 is 14.6 Å². The Labute approximate surface area is 194 Å².